The standard InChI is InChI=1S/C102H194O3P/c1-17-21-25-29-33-37-41-45-49-53-57-61-65-69-73-77-81-95-91(85-93(97(5,6)7)87-101(95,99(11,12)13)83-79-75-71-67-63-59-55-51-47-43-39-35-31-27-23-19-3)89-104-106(103)105-90-92-86-94(98(8,9)10)88-102(100(14,15)16,84-80-76-72-68-64-60-56-52-48-44-40-36-32-28-24-20-4)96(92)82-78-74-70-66-62-58-54-50-46-42-38-34-30-26-22-18-2/h85-88,95-96H,17-84,89-90H2,1-16H3/q+1. The van der Waals surface area contributed by atoms with Gasteiger partial charge >= 0.3 is 8.25 Å². The van der Waals surface area contributed by atoms with Gasteiger partial charge in [-0.15, -0.1) is 9.05 Å². The predicted octanol–water partition coefficient (Wildman–Crippen LogP) is 37.4. The third kappa shape index (κ3) is 47.0. The SMILES string of the molecule is CCCCCCCCCCCCCCCCCCC1C(CO[P+](=O)OCC2=CC(C(C)(C)C)=CC(CCCCCCCCCCCCCCCCCC)(C(C)(C)C)C2CCCCCCCCCCCCCCCCCC)=CC(C(C)(C)C)=CC1(CCCCCCCCCCCCCCCCCC)C(C)(C)C. The van der Waals surface area contributed by atoms with Gasteiger partial charge in [0.2, 0.25) is 0 Å². The van der Waals surface area contributed by atoms with Crippen molar-refractivity contribution in [2.24, 2.45) is 44.3 Å². The van der Waals surface area contributed by atoms with E-state index in [1.807, 2.05) is 0 Å². The summed E-state index contributed by atoms with van der Waals surface area (Å²) in [7, 11) is -2.37. The van der Waals surface area contributed by atoms with E-state index in [2.05, 4.69) is 135 Å². The molecular weight excluding hydrogens is 1300 g/mol. The molecule has 0 saturated carbocycles. The second-order valence-corrected chi connectivity index (χ2v) is 40.8. The van der Waals surface area contributed by atoms with Gasteiger partial charge in [0.15, 0.2) is 0 Å². The molecule has 0 spiro atoms. The predicted molar refractivity (Wildman–Crippen MR) is 478 cm³/mol. The lowest BCUT2D eigenvalue weighted by molar-refractivity contribution is 0.0533. The van der Waals surface area contributed by atoms with Crippen molar-refractivity contribution < 1.29 is 13.6 Å². The Kier molecular flexibility index (Phi) is 60.4. The van der Waals surface area contributed by atoms with Crippen LogP contribution in [-0.2, 0) is 13.6 Å². The lowest BCUT2D eigenvalue weighted by atomic mass is 9.52. The highest BCUT2D eigenvalue weighted by Gasteiger charge is 2.52. The van der Waals surface area contributed by atoms with Crippen molar-refractivity contribution in [3.8, 4) is 0 Å². The van der Waals surface area contributed by atoms with E-state index in [-0.39, 0.29) is 32.5 Å². The monoisotopic (exact) mass is 1500 g/mol. The fourth-order valence-corrected chi connectivity index (χ4v) is 19.5. The third-order valence-electron chi connectivity index (χ3n) is 26.4. The quantitative estimate of drug-likeness (QED) is 0.0450. The number of hydrogen-bond acceptors (Lipinski definition) is 3. The van der Waals surface area contributed by atoms with Crippen molar-refractivity contribution in [3.63, 3.8) is 0 Å². The topological polar surface area (TPSA) is 35.5 Å². The van der Waals surface area contributed by atoms with Crippen LogP contribution in [0.4, 0.5) is 0 Å². The Morgan fingerprint density at radius 1 is 0.264 bits per heavy atom. The summed E-state index contributed by atoms with van der Waals surface area (Å²) in [6.07, 6.45) is 105. The molecule has 624 valence electrons. The number of unbranched alkanes of at least 4 members (excludes halogenated alkanes) is 60. The maximum atomic E-state index is 14.9. The molecule has 2 aliphatic carbocycles. The van der Waals surface area contributed by atoms with Gasteiger partial charge in [0.05, 0.1) is 0 Å². The first kappa shape index (κ1) is 101. The highest BCUT2D eigenvalue weighted by Crippen LogP contribution is 2.60. The average molecular weight is 1500 g/mol. The molecule has 0 aliphatic heterocycles. The Bertz CT molecular complexity index is 2020. The summed E-state index contributed by atoms with van der Waals surface area (Å²) in [5, 5.41) is 0. The molecule has 2 rings (SSSR count). The lowest BCUT2D eigenvalue weighted by Crippen LogP contribution is -2.45. The van der Waals surface area contributed by atoms with Gasteiger partial charge in [0, 0.05) is 15.4 Å². The Morgan fingerprint density at radius 2 is 0.434 bits per heavy atom. The molecule has 0 saturated heterocycles. The maximum absolute atomic E-state index is 14.9. The lowest BCUT2D eigenvalue weighted by Gasteiger charge is -2.53. The molecular formula is C102H194O3P+. The first-order valence-electron chi connectivity index (χ1n) is 48.6. The van der Waals surface area contributed by atoms with Crippen LogP contribution in [0.2, 0.25) is 0 Å². The minimum absolute atomic E-state index is 0.0206. The van der Waals surface area contributed by atoms with Gasteiger partial charge < -0.3 is 0 Å². The van der Waals surface area contributed by atoms with Crippen LogP contribution in [-0.4, -0.2) is 13.2 Å². The zero-order valence-corrected chi connectivity index (χ0v) is 76.5. The summed E-state index contributed by atoms with van der Waals surface area (Å²) in [6, 6.07) is 0. The summed E-state index contributed by atoms with van der Waals surface area (Å²) in [5.74, 6) is 0.679. The molecule has 0 bridgehead atoms. The number of rotatable bonds is 74. The zero-order chi connectivity index (χ0) is 77.8. The molecule has 3 nitrogen and oxygen atoms in total. The molecule has 106 heavy (non-hydrogen) atoms. The van der Waals surface area contributed by atoms with Crippen LogP contribution in [0.25, 0.3) is 0 Å². The molecule has 0 aromatic heterocycles. The van der Waals surface area contributed by atoms with Gasteiger partial charge in [-0.3, -0.25) is 0 Å². The van der Waals surface area contributed by atoms with Crippen LogP contribution < -0.4 is 0 Å². The van der Waals surface area contributed by atoms with Crippen LogP contribution in [0.3, 0.4) is 0 Å². The van der Waals surface area contributed by atoms with E-state index in [0.717, 1.165) is 0 Å². The Labute approximate surface area is 669 Å². The van der Waals surface area contributed by atoms with E-state index in [9.17, 15) is 4.57 Å². The molecule has 2 aliphatic rings. The highest BCUT2D eigenvalue weighted by molar-refractivity contribution is 7.33. The van der Waals surface area contributed by atoms with Crippen molar-refractivity contribution in [3.05, 3.63) is 46.6 Å². The van der Waals surface area contributed by atoms with Crippen LogP contribution in [0.5, 0.6) is 0 Å². The van der Waals surface area contributed by atoms with E-state index in [0.29, 0.717) is 25.0 Å². The Morgan fingerprint density at radius 3 is 0.604 bits per heavy atom. The van der Waals surface area contributed by atoms with Crippen LogP contribution in [0, 0.1) is 44.3 Å². The van der Waals surface area contributed by atoms with Crippen LogP contribution in [0.15, 0.2) is 46.6 Å². The second-order valence-electron chi connectivity index (χ2n) is 39.9. The van der Waals surface area contributed by atoms with Gasteiger partial charge in [0.1, 0.15) is 13.2 Å². The van der Waals surface area contributed by atoms with E-state index in [1.165, 1.54) is 459 Å². The summed E-state index contributed by atoms with van der Waals surface area (Å²) in [5.41, 5.74) is 5.60. The molecule has 4 heteroatoms. The summed E-state index contributed by atoms with van der Waals surface area (Å²) in [4.78, 5) is 0. The fourth-order valence-electron chi connectivity index (χ4n) is 18.9. The maximum Gasteiger partial charge on any atom is 0.698 e. The van der Waals surface area contributed by atoms with Gasteiger partial charge in [-0.05, 0) is 81.5 Å². The molecule has 0 amide bonds. The molecule has 4 atom stereocenters. The molecule has 0 aromatic carbocycles. The molecule has 0 N–H and O–H groups in total. The van der Waals surface area contributed by atoms with Crippen LogP contribution >= 0.6 is 8.25 Å². The first-order valence-corrected chi connectivity index (χ1v) is 49.7. The van der Waals surface area contributed by atoms with Crippen molar-refractivity contribution in [1.29, 1.82) is 0 Å². The molecule has 4 unspecified atom stereocenters. The van der Waals surface area contributed by atoms with E-state index < -0.39 is 8.25 Å². The minimum Gasteiger partial charge on any atom is -0.115 e. The van der Waals surface area contributed by atoms with Crippen LogP contribution in [0.1, 0.15) is 547 Å². The average Bonchev–Trinajstić information content (AvgIpc) is 0.745. The van der Waals surface area contributed by atoms with Gasteiger partial charge in [0.25, 0.3) is 0 Å². The van der Waals surface area contributed by atoms with Gasteiger partial charge in [-0.2, -0.15) is 0 Å². The smallest absolute Gasteiger partial charge is 0.115 e. The highest BCUT2D eigenvalue weighted by atomic mass is 31.1. The summed E-state index contributed by atoms with van der Waals surface area (Å²) < 4.78 is 28.5. The Balaban J connectivity index is 2.36. The zero-order valence-electron chi connectivity index (χ0n) is 75.6. The molecule has 0 fully saturated rings. The van der Waals surface area contributed by atoms with Gasteiger partial charge in [-0.25, -0.2) is 0 Å². The minimum atomic E-state index is -2.37. The van der Waals surface area contributed by atoms with Crippen molar-refractivity contribution in [1.82, 2.24) is 0 Å². The number of allylic oxidation sites excluding steroid dienone is 6. The molecule has 0 heterocycles. The van der Waals surface area contributed by atoms with Crippen molar-refractivity contribution >= 4 is 8.25 Å². The first-order chi connectivity index (χ1) is 51.0. The largest absolute Gasteiger partial charge is 0.698 e. The number of hydrogen-bond donors (Lipinski definition) is 0. The molecule has 0 radical (unpaired) electrons. The summed E-state index contributed by atoms with van der Waals surface area (Å²) >= 11 is 0. The van der Waals surface area contributed by atoms with E-state index in [4.69, 9.17) is 9.05 Å². The second kappa shape index (κ2) is 63.3. The van der Waals surface area contributed by atoms with Crippen molar-refractivity contribution in [2.75, 3.05) is 13.2 Å². The van der Waals surface area contributed by atoms with E-state index >= 15 is 0 Å². The van der Waals surface area contributed by atoms with Gasteiger partial charge in [-0.1, -0.05) is 546 Å². The molecule has 0 aromatic rings. The normalized spacial score (nSPS) is 18.4. The summed E-state index contributed by atoms with van der Waals surface area (Å²) in [6.45, 7) is 39.9. The van der Waals surface area contributed by atoms with E-state index in [1.54, 1.807) is 0 Å². The third-order valence-corrected chi connectivity index (χ3v) is 27.1. The van der Waals surface area contributed by atoms with Crippen molar-refractivity contribution in [2.45, 2.75) is 547 Å². The Hall–Kier alpha value is -1.02. The fraction of sp³-hybridized carbons (Fsp3) is 0.922.